The van der Waals surface area contributed by atoms with Crippen molar-refractivity contribution in [3.8, 4) is 0 Å². The summed E-state index contributed by atoms with van der Waals surface area (Å²) in [4.78, 5) is 0. The summed E-state index contributed by atoms with van der Waals surface area (Å²) in [5, 5.41) is 12.0. The summed E-state index contributed by atoms with van der Waals surface area (Å²) < 4.78 is 1.10. The maximum Gasteiger partial charge on any atom is 0.0443 e. The minimum atomic E-state index is 0.248. The van der Waals surface area contributed by atoms with E-state index in [1.165, 1.54) is 5.56 Å². The fourth-order valence-corrected chi connectivity index (χ4v) is 1.71. The highest BCUT2D eigenvalue weighted by molar-refractivity contribution is 9.10. The molecule has 1 rings (SSSR count). The number of aliphatic hydroxyl groups is 1. The Hall–Kier alpha value is -0.380. The van der Waals surface area contributed by atoms with Crippen LogP contribution in [0.4, 0.5) is 0 Å². The van der Waals surface area contributed by atoms with Gasteiger partial charge in [0.25, 0.3) is 0 Å². The first-order chi connectivity index (χ1) is 6.74. The minimum Gasteiger partial charge on any atom is -0.396 e. The van der Waals surface area contributed by atoms with Crippen LogP contribution in [0.3, 0.4) is 0 Å². The van der Waals surface area contributed by atoms with E-state index in [1.807, 2.05) is 12.1 Å². The van der Waals surface area contributed by atoms with Crippen molar-refractivity contribution in [3.05, 3.63) is 34.3 Å². The van der Waals surface area contributed by atoms with Crippen molar-refractivity contribution in [1.29, 1.82) is 0 Å². The molecule has 2 nitrogen and oxygen atoms in total. The smallest absolute Gasteiger partial charge is 0.0443 e. The molecule has 0 aromatic heterocycles. The molecule has 3 heteroatoms. The average molecular weight is 258 g/mol. The number of nitrogens with one attached hydrogen (secondary N) is 1. The predicted octanol–water partition coefficient (Wildman–Crippen LogP) is 2.48. The van der Waals surface area contributed by atoms with Crippen LogP contribution in [0.5, 0.6) is 0 Å². The summed E-state index contributed by atoms with van der Waals surface area (Å²) in [6.45, 7) is 3.22. The highest BCUT2D eigenvalue weighted by Gasteiger charge is 2.03. The molecule has 0 bridgehead atoms. The van der Waals surface area contributed by atoms with Crippen molar-refractivity contribution in [2.75, 3.05) is 13.2 Å². The van der Waals surface area contributed by atoms with E-state index in [2.05, 4.69) is 40.3 Å². The van der Waals surface area contributed by atoms with E-state index in [0.717, 1.165) is 17.4 Å². The molecule has 0 radical (unpaired) electrons. The van der Waals surface area contributed by atoms with Crippen LogP contribution in [0.2, 0.25) is 0 Å². The molecule has 0 heterocycles. The Labute approximate surface area is 93.5 Å². The Bertz CT molecular complexity index is 278. The lowest BCUT2D eigenvalue weighted by atomic mass is 10.1. The Morgan fingerprint density at radius 3 is 2.93 bits per heavy atom. The van der Waals surface area contributed by atoms with Crippen LogP contribution in [-0.2, 0) is 0 Å². The fourth-order valence-electron chi connectivity index (χ4n) is 1.29. The third-order valence-corrected chi connectivity index (χ3v) is 2.63. The van der Waals surface area contributed by atoms with Gasteiger partial charge in [0, 0.05) is 17.1 Å². The van der Waals surface area contributed by atoms with Crippen LogP contribution in [-0.4, -0.2) is 18.3 Å². The van der Waals surface area contributed by atoms with Gasteiger partial charge in [0.15, 0.2) is 0 Å². The van der Waals surface area contributed by atoms with E-state index in [-0.39, 0.29) is 6.61 Å². The summed E-state index contributed by atoms with van der Waals surface area (Å²) in [6.07, 6.45) is 0.804. The first-order valence-corrected chi connectivity index (χ1v) is 5.63. The van der Waals surface area contributed by atoms with E-state index < -0.39 is 0 Å². The van der Waals surface area contributed by atoms with Gasteiger partial charge in [-0.25, -0.2) is 0 Å². The maximum atomic E-state index is 8.65. The molecular formula is C11H16BrNO. The quantitative estimate of drug-likeness (QED) is 0.795. The van der Waals surface area contributed by atoms with Gasteiger partial charge in [-0.2, -0.15) is 0 Å². The highest BCUT2D eigenvalue weighted by Crippen LogP contribution is 2.17. The molecule has 0 aliphatic heterocycles. The molecule has 1 atom stereocenters. The van der Waals surface area contributed by atoms with E-state index in [1.54, 1.807) is 0 Å². The molecule has 0 amide bonds. The molecule has 0 saturated carbocycles. The summed E-state index contributed by atoms with van der Waals surface area (Å²) >= 11 is 3.44. The Kier molecular flexibility index (Phi) is 5.15. The van der Waals surface area contributed by atoms with Crippen LogP contribution >= 0.6 is 15.9 Å². The second-order valence-corrected chi connectivity index (χ2v) is 4.22. The van der Waals surface area contributed by atoms with Crippen molar-refractivity contribution in [2.24, 2.45) is 0 Å². The molecular weight excluding hydrogens is 242 g/mol. The third-order valence-electron chi connectivity index (χ3n) is 2.13. The first kappa shape index (κ1) is 11.7. The van der Waals surface area contributed by atoms with Gasteiger partial charge in [0.2, 0.25) is 0 Å². The summed E-state index contributed by atoms with van der Waals surface area (Å²) in [7, 11) is 0. The predicted molar refractivity (Wildman–Crippen MR) is 62.3 cm³/mol. The summed E-state index contributed by atoms with van der Waals surface area (Å²) in [5.41, 5.74) is 1.26. The number of hydrogen-bond donors (Lipinski definition) is 2. The largest absolute Gasteiger partial charge is 0.396 e. The first-order valence-electron chi connectivity index (χ1n) is 4.83. The maximum absolute atomic E-state index is 8.65. The number of aliphatic hydroxyl groups excluding tert-OH is 1. The van der Waals surface area contributed by atoms with Gasteiger partial charge in [-0.3, -0.25) is 0 Å². The lowest BCUT2D eigenvalue weighted by molar-refractivity contribution is 0.284. The lowest BCUT2D eigenvalue weighted by Crippen LogP contribution is -2.20. The van der Waals surface area contributed by atoms with Crippen LogP contribution in [0.1, 0.15) is 24.9 Å². The van der Waals surface area contributed by atoms with Crippen LogP contribution < -0.4 is 5.32 Å². The monoisotopic (exact) mass is 257 g/mol. The lowest BCUT2D eigenvalue weighted by Gasteiger charge is -2.13. The molecule has 78 valence electrons. The number of halogens is 1. The van der Waals surface area contributed by atoms with Gasteiger partial charge in [0.1, 0.15) is 0 Å². The minimum absolute atomic E-state index is 0.248. The molecule has 14 heavy (non-hydrogen) atoms. The van der Waals surface area contributed by atoms with E-state index in [4.69, 9.17) is 5.11 Å². The van der Waals surface area contributed by atoms with Gasteiger partial charge in [-0.05, 0) is 37.6 Å². The van der Waals surface area contributed by atoms with Crippen molar-refractivity contribution in [3.63, 3.8) is 0 Å². The van der Waals surface area contributed by atoms with Crippen molar-refractivity contribution in [2.45, 2.75) is 19.4 Å². The third kappa shape index (κ3) is 3.78. The van der Waals surface area contributed by atoms with Gasteiger partial charge in [-0.1, -0.05) is 28.1 Å². The van der Waals surface area contributed by atoms with Gasteiger partial charge < -0.3 is 10.4 Å². The van der Waals surface area contributed by atoms with Crippen LogP contribution in [0.15, 0.2) is 28.7 Å². The molecule has 0 aliphatic rings. The standard InChI is InChI=1S/C11H16BrNO/c1-9(13-6-3-7-14)10-4-2-5-11(12)8-10/h2,4-5,8-9,13-14H,3,6-7H2,1H3/t9-/m1/s1. The Morgan fingerprint density at radius 1 is 1.50 bits per heavy atom. The average Bonchev–Trinajstić information content (AvgIpc) is 2.18. The van der Waals surface area contributed by atoms with Crippen LogP contribution in [0.25, 0.3) is 0 Å². The van der Waals surface area contributed by atoms with E-state index >= 15 is 0 Å². The highest BCUT2D eigenvalue weighted by atomic mass is 79.9. The number of rotatable bonds is 5. The molecule has 1 aromatic rings. The Balaban J connectivity index is 2.47. The van der Waals surface area contributed by atoms with E-state index in [0.29, 0.717) is 6.04 Å². The second-order valence-electron chi connectivity index (χ2n) is 3.31. The Morgan fingerprint density at radius 2 is 2.29 bits per heavy atom. The fraction of sp³-hybridized carbons (Fsp3) is 0.455. The normalized spacial score (nSPS) is 12.8. The molecule has 0 aliphatic carbocycles. The second kappa shape index (κ2) is 6.17. The molecule has 0 saturated heterocycles. The van der Waals surface area contributed by atoms with E-state index in [9.17, 15) is 0 Å². The van der Waals surface area contributed by atoms with Crippen molar-refractivity contribution >= 4 is 15.9 Å². The van der Waals surface area contributed by atoms with Gasteiger partial charge in [0.05, 0.1) is 0 Å². The molecule has 0 spiro atoms. The molecule has 0 fully saturated rings. The molecule has 0 unspecified atom stereocenters. The van der Waals surface area contributed by atoms with Gasteiger partial charge >= 0.3 is 0 Å². The van der Waals surface area contributed by atoms with Crippen molar-refractivity contribution in [1.82, 2.24) is 5.32 Å². The summed E-state index contributed by atoms with van der Waals surface area (Å²) in [6, 6.07) is 8.59. The van der Waals surface area contributed by atoms with Gasteiger partial charge in [-0.15, -0.1) is 0 Å². The zero-order valence-electron chi connectivity index (χ0n) is 8.33. The zero-order valence-corrected chi connectivity index (χ0v) is 9.92. The summed E-state index contributed by atoms with van der Waals surface area (Å²) in [5.74, 6) is 0. The topological polar surface area (TPSA) is 32.3 Å². The van der Waals surface area contributed by atoms with Crippen molar-refractivity contribution < 1.29 is 5.11 Å². The number of hydrogen-bond acceptors (Lipinski definition) is 2. The molecule has 2 N–H and O–H groups in total. The molecule has 1 aromatic carbocycles. The zero-order chi connectivity index (χ0) is 10.4. The van der Waals surface area contributed by atoms with Crippen LogP contribution in [0, 0.1) is 0 Å². The SMILES string of the molecule is C[C@@H](NCCCO)c1cccc(Br)c1. The number of benzene rings is 1.